The summed E-state index contributed by atoms with van der Waals surface area (Å²) in [6, 6.07) is 24.0. The zero-order chi connectivity index (χ0) is 22.1. The Labute approximate surface area is 187 Å². The third kappa shape index (κ3) is 3.83. The number of para-hydroxylation sites is 1. The summed E-state index contributed by atoms with van der Waals surface area (Å²) in [5.41, 5.74) is 2.69. The molecule has 32 heavy (non-hydrogen) atoms. The minimum absolute atomic E-state index is 0.114. The van der Waals surface area contributed by atoms with Crippen molar-refractivity contribution in [3.05, 3.63) is 100 Å². The fourth-order valence-electron chi connectivity index (χ4n) is 3.47. The average molecular weight is 442 g/mol. The maximum absolute atomic E-state index is 12.7. The summed E-state index contributed by atoms with van der Waals surface area (Å²) < 4.78 is 1.30. The number of hydrogen-bond donors (Lipinski definition) is 2. The normalized spacial score (nSPS) is 12.0. The first-order valence-corrected chi connectivity index (χ1v) is 10.9. The van der Waals surface area contributed by atoms with E-state index in [1.807, 2.05) is 55.5 Å². The average Bonchev–Trinajstić information content (AvgIpc) is 3.22. The lowest BCUT2D eigenvalue weighted by Gasteiger charge is -2.14. The number of rotatable bonds is 5. The van der Waals surface area contributed by atoms with Crippen LogP contribution >= 0.6 is 11.3 Å². The van der Waals surface area contributed by atoms with Gasteiger partial charge in [0.1, 0.15) is 0 Å². The monoisotopic (exact) mass is 441 g/mol. The van der Waals surface area contributed by atoms with E-state index in [2.05, 4.69) is 20.7 Å². The molecule has 0 aliphatic heterocycles. The summed E-state index contributed by atoms with van der Waals surface area (Å²) in [5, 5.41) is 11.6. The summed E-state index contributed by atoms with van der Waals surface area (Å²) in [7, 11) is 0. The van der Waals surface area contributed by atoms with Crippen LogP contribution in [0, 0.1) is 0 Å². The zero-order valence-corrected chi connectivity index (χ0v) is 18.0. The van der Waals surface area contributed by atoms with E-state index < -0.39 is 0 Å². The second-order valence-corrected chi connectivity index (χ2v) is 8.30. The molecule has 0 aliphatic carbocycles. The molecule has 0 spiro atoms. The zero-order valence-electron chi connectivity index (χ0n) is 17.1. The Morgan fingerprint density at radius 3 is 2.62 bits per heavy atom. The molecule has 0 fully saturated rings. The summed E-state index contributed by atoms with van der Waals surface area (Å²) >= 11 is 1.27. The van der Waals surface area contributed by atoms with Gasteiger partial charge in [-0.05, 0) is 42.8 Å². The van der Waals surface area contributed by atoms with E-state index in [1.54, 1.807) is 30.3 Å². The molecule has 1 unspecified atom stereocenters. The molecule has 2 heterocycles. The first-order valence-electron chi connectivity index (χ1n) is 10.1. The number of fused-ring (bicyclic) bond motifs is 2. The molecule has 3 aromatic carbocycles. The van der Waals surface area contributed by atoms with E-state index in [0.29, 0.717) is 32.2 Å². The van der Waals surface area contributed by atoms with E-state index in [0.717, 1.165) is 5.56 Å². The summed E-state index contributed by atoms with van der Waals surface area (Å²) in [6.07, 6.45) is 0. The van der Waals surface area contributed by atoms with Gasteiger partial charge < -0.3 is 10.6 Å². The number of carbonyl (C=O) groups excluding carboxylic acids is 1. The predicted molar refractivity (Wildman–Crippen MR) is 127 cm³/mol. The lowest BCUT2D eigenvalue weighted by atomic mass is 10.1. The number of aromatic nitrogens is 3. The van der Waals surface area contributed by atoms with Gasteiger partial charge in [0.25, 0.3) is 11.5 Å². The van der Waals surface area contributed by atoms with Crippen molar-refractivity contribution < 1.29 is 4.79 Å². The molecule has 8 heteroatoms. The molecule has 2 N–H and O–H groups in total. The van der Waals surface area contributed by atoms with Crippen LogP contribution in [-0.4, -0.2) is 20.5 Å². The maximum Gasteiger partial charge on any atom is 0.283 e. The van der Waals surface area contributed by atoms with Crippen LogP contribution in [0.25, 0.3) is 15.9 Å². The third-order valence-corrected chi connectivity index (χ3v) is 5.95. The van der Waals surface area contributed by atoms with Crippen LogP contribution in [0.5, 0.6) is 0 Å². The number of amides is 1. The van der Waals surface area contributed by atoms with E-state index in [9.17, 15) is 9.59 Å². The highest BCUT2D eigenvalue weighted by atomic mass is 32.1. The molecule has 0 aliphatic rings. The van der Waals surface area contributed by atoms with Gasteiger partial charge in [0.15, 0.2) is 0 Å². The Kier molecular flexibility index (Phi) is 5.12. The smallest absolute Gasteiger partial charge is 0.283 e. The molecule has 5 rings (SSSR count). The number of nitrogens with zero attached hydrogens (tertiary/aromatic N) is 3. The molecule has 0 bridgehead atoms. The molecular formula is C24H19N5O2S. The van der Waals surface area contributed by atoms with Crippen LogP contribution < -0.4 is 16.2 Å². The number of nitrogens with one attached hydrogen (secondary N) is 2. The van der Waals surface area contributed by atoms with Crippen LogP contribution in [0.3, 0.4) is 0 Å². The summed E-state index contributed by atoms with van der Waals surface area (Å²) in [6.45, 7) is 1.95. The number of hydrogen-bond acceptors (Lipinski definition) is 6. The Morgan fingerprint density at radius 2 is 1.78 bits per heavy atom. The summed E-state index contributed by atoms with van der Waals surface area (Å²) in [5.74, 6) is -0.168. The molecule has 1 atom stereocenters. The highest BCUT2D eigenvalue weighted by Crippen LogP contribution is 2.23. The Hall–Kier alpha value is -4.04. The maximum atomic E-state index is 12.7. The van der Waals surface area contributed by atoms with Crippen LogP contribution in [0.4, 0.5) is 10.8 Å². The van der Waals surface area contributed by atoms with E-state index in [-0.39, 0.29) is 17.5 Å². The fourth-order valence-corrected chi connectivity index (χ4v) is 4.29. The van der Waals surface area contributed by atoms with Crippen LogP contribution in [0.2, 0.25) is 0 Å². The van der Waals surface area contributed by atoms with Crippen molar-refractivity contribution in [3.63, 3.8) is 0 Å². The van der Waals surface area contributed by atoms with Gasteiger partial charge in [0.05, 0.1) is 16.9 Å². The van der Waals surface area contributed by atoms with Gasteiger partial charge in [0, 0.05) is 11.3 Å². The third-order valence-electron chi connectivity index (χ3n) is 5.13. The standard InChI is InChI=1S/C24H19N5O2S/c1-15(16-8-3-2-4-9-16)25-21(30)17-10-7-11-18(14-17)26-23-28-29-22(31)19-12-5-6-13-20(19)27-24(29)32-23/h2-15H,1H3,(H,25,30)(H,26,28). The van der Waals surface area contributed by atoms with Gasteiger partial charge in [-0.2, -0.15) is 4.52 Å². The van der Waals surface area contributed by atoms with E-state index in [4.69, 9.17) is 0 Å². The van der Waals surface area contributed by atoms with Gasteiger partial charge in [0.2, 0.25) is 10.1 Å². The second kappa shape index (κ2) is 8.24. The molecule has 158 valence electrons. The lowest BCUT2D eigenvalue weighted by Crippen LogP contribution is -2.26. The van der Waals surface area contributed by atoms with Crippen molar-refractivity contribution in [3.8, 4) is 0 Å². The number of anilines is 2. The van der Waals surface area contributed by atoms with Crippen molar-refractivity contribution in [1.82, 2.24) is 19.9 Å². The van der Waals surface area contributed by atoms with Crippen molar-refractivity contribution in [2.75, 3.05) is 5.32 Å². The Morgan fingerprint density at radius 1 is 1.00 bits per heavy atom. The van der Waals surface area contributed by atoms with Gasteiger partial charge in [-0.15, -0.1) is 5.10 Å². The SMILES string of the molecule is CC(NC(=O)c1cccc(Nc2nn3c(=O)c4ccccc4nc3s2)c1)c1ccccc1. The summed E-state index contributed by atoms with van der Waals surface area (Å²) in [4.78, 5) is 30.5. The van der Waals surface area contributed by atoms with Gasteiger partial charge >= 0.3 is 0 Å². The van der Waals surface area contributed by atoms with Crippen LogP contribution in [0.1, 0.15) is 28.9 Å². The molecule has 0 saturated carbocycles. The topological polar surface area (TPSA) is 88.4 Å². The molecule has 5 aromatic rings. The van der Waals surface area contributed by atoms with Crippen molar-refractivity contribution >= 4 is 43.9 Å². The van der Waals surface area contributed by atoms with E-state index in [1.165, 1.54) is 15.9 Å². The molecule has 0 radical (unpaired) electrons. The van der Waals surface area contributed by atoms with Crippen LogP contribution in [-0.2, 0) is 0 Å². The Balaban J connectivity index is 1.38. The minimum Gasteiger partial charge on any atom is -0.346 e. The highest BCUT2D eigenvalue weighted by Gasteiger charge is 2.13. The molecule has 0 saturated heterocycles. The van der Waals surface area contributed by atoms with Crippen molar-refractivity contribution in [2.24, 2.45) is 0 Å². The van der Waals surface area contributed by atoms with Crippen molar-refractivity contribution in [2.45, 2.75) is 13.0 Å². The number of carbonyl (C=O) groups is 1. The van der Waals surface area contributed by atoms with Gasteiger partial charge in [-0.1, -0.05) is 59.9 Å². The predicted octanol–water partition coefficient (Wildman–Crippen LogP) is 4.54. The van der Waals surface area contributed by atoms with E-state index >= 15 is 0 Å². The second-order valence-electron chi connectivity index (χ2n) is 7.35. The molecule has 1 amide bonds. The van der Waals surface area contributed by atoms with Crippen LogP contribution in [0.15, 0.2) is 83.7 Å². The number of benzene rings is 3. The Bertz CT molecular complexity index is 1490. The van der Waals surface area contributed by atoms with Gasteiger partial charge in [-0.3, -0.25) is 9.59 Å². The minimum atomic E-state index is -0.210. The van der Waals surface area contributed by atoms with Gasteiger partial charge in [-0.25, -0.2) is 4.98 Å². The first-order chi connectivity index (χ1) is 15.6. The first kappa shape index (κ1) is 19.9. The van der Waals surface area contributed by atoms with Crippen molar-refractivity contribution in [1.29, 1.82) is 0 Å². The highest BCUT2D eigenvalue weighted by molar-refractivity contribution is 7.20. The molecule has 2 aromatic heterocycles. The lowest BCUT2D eigenvalue weighted by molar-refractivity contribution is 0.0940. The molecular weight excluding hydrogens is 422 g/mol. The largest absolute Gasteiger partial charge is 0.346 e. The fraction of sp³-hybridized carbons (Fsp3) is 0.0833. The molecule has 7 nitrogen and oxygen atoms in total. The quantitative estimate of drug-likeness (QED) is 0.418.